The predicted octanol–water partition coefficient (Wildman–Crippen LogP) is 1.97. The summed E-state index contributed by atoms with van der Waals surface area (Å²) < 4.78 is 0. The van der Waals surface area contributed by atoms with Gasteiger partial charge in [0, 0.05) is 18.8 Å². The number of piperidine rings is 1. The highest BCUT2D eigenvalue weighted by Crippen LogP contribution is 2.42. The molecule has 1 saturated carbocycles. The van der Waals surface area contributed by atoms with Crippen molar-refractivity contribution < 1.29 is 19.5 Å². The van der Waals surface area contributed by atoms with Gasteiger partial charge in [0.05, 0.1) is 11.3 Å². The van der Waals surface area contributed by atoms with Crippen LogP contribution in [0.3, 0.4) is 0 Å². The Balaban J connectivity index is 1.86. The number of primary amides is 1. The molecule has 1 saturated heterocycles. The summed E-state index contributed by atoms with van der Waals surface area (Å²) in [6.07, 6.45) is 4.67. The number of benzene rings is 1. The molecule has 7 nitrogen and oxygen atoms in total. The Morgan fingerprint density at radius 1 is 1.08 bits per heavy atom. The van der Waals surface area contributed by atoms with Crippen LogP contribution in [0, 0.1) is 5.41 Å². The minimum absolute atomic E-state index is 0.354. The van der Waals surface area contributed by atoms with Crippen LogP contribution in [-0.2, 0) is 9.59 Å². The summed E-state index contributed by atoms with van der Waals surface area (Å²) >= 11 is 0. The lowest BCUT2D eigenvalue weighted by atomic mass is 9.68. The van der Waals surface area contributed by atoms with Crippen LogP contribution in [0.15, 0.2) is 18.2 Å². The van der Waals surface area contributed by atoms with Crippen LogP contribution in [0.25, 0.3) is 0 Å². The van der Waals surface area contributed by atoms with Gasteiger partial charge in [-0.25, -0.2) is 0 Å². The molecule has 3 rings (SSSR count). The van der Waals surface area contributed by atoms with E-state index < -0.39 is 23.2 Å². The number of carbonyl (C=O) groups excluding carboxylic acids is 2. The van der Waals surface area contributed by atoms with Gasteiger partial charge in [0.1, 0.15) is 5.41 Å². The van der Waals surface area contributed by atoms with E-state index in [1.54, 1.807) is 18.2 Å². The van der Waals surface area contributed by atoms with Gasteiger partial charge in [-0.3, -0.25) is 14.4 Å². The van der Waals surface area contributed by atoms with Crippen LogP contribution in [0.2, 0.25) is 0 Å². The van der Waals surface area contributed by atoms with E-state index in [0.717, 1.165) is 38.8 Å². The number of rotatable bonds is 5. The Labute approximate surface area is 146 Å². The zero-order valence-corrected chi connectivity index (χ0v) is 14.1. The van der Waals surface area contributed by atoms with E-state index in [9.17, 15) is 19.5 Å². The molecule has 25 heavy (non-hydrogen) atoms. The molecule has 0 unspecified atom stereocenters. The third kappa shape index (κ3) is 3.18. The van der Waals surface area contributed by atoms with Crippen LogP contribution in [0.4, 0.5) is 11.4 Å². The van der Waals surface area contributed by atoms with Crippen molar-refractivity contribution in [1.82, 2.24) is 0 Å². The topological polar surface area (TPSA) is 113 Å². The monoisotopic (exact) mass is 345 g/mol. The molecule has 1 aliphatic carbocycles. The number of amides is 2. The molecule has 4 N–H and O–H groups in total. The third-order valence-corrected chi connectivity index (χ3v) is 5.27. The van der Waals surface area contributed by atoms with Gasteiger partial charge in [0.25, 0.3) is 5.91 Å². The molecule has 2 aliphatic rings. The van der Waals surface area contributed by atoms with Gasteiger partial charge in [-0.05, 0) is 50.3 Å². The summed E-state index contributed by atoms with van der Waals surface area (Å²) in [6, 6.07) is 4.91. The normalized spacial score (nSPS) is 19.0. The average molecular weight is 345 g/mol. The van der Waals surface area contributed by atoms with Crippen molar-refractivity contribution >= 4 is 29.2 Å². The summed E-state index contributed by atoms with van der Waals surface area (Å²) in [4.78, 5) is 37.8. The second-order valence-corrected chi connectivity index (χ2v) is 6.84. The third-order valence-electron chi connectivity index (χ3n) is 5.27. The predicted molar refractivity (Wildman–Crippen MR) is 93.6 cm³/mol. The molecule has 1 aromatic rings. The number of nitrogens with zero attached hydrogens (tertiary/aromatic N) is 1. The fraction of sp³-hybridized carbons (Fsp3) is 0.500. The minimum Gasteiger partial charge on any atom is -0.480 e. The van der Waals surface area contributed by atoms with Crippen molar-refractivity contribution in [2.24, 2.45) is 11.1 Å². The van der Waals surface area contributed by atoms with Gasteiger partial charge in [-0.15, -0.1) is 0 Å². The first kappa shape index (κ1) is 17.3. The highest BCUT2D eigenvalue weighted by Gasteiger charge is 2.51. The maximum absolute atomic E-state index is 12.5. The molecule has 0 aromatic heterocycles. The first-order chi connectivity index (χ1) is 11.9. The summed E-state index contributed by atoms with van der Waals surface area (Å²) in [5.41, 5.74) is 5.76. The number of carbonyl (C=O) groups is 3. The van der Waals surface area contributed by atoms with Crippen LogP contribution < -0.4 is 16.0 Å². The molecular formula is C18H23N3O4. The standard InChI is InChI=1S/C18H23N3O4/c19-15(22)13-6-5-12(11-14(13)21-9-2-1-3-10-21)20-16(23)18(17(24)25)7-4-8-18/h5-6,11H,1-4,7-10H2,(H2,19,22)(H,20,23)(H,24,25). The zero-order chi connectivity index (χ0) is 18.0. The molecule has 1 aromatic carbocycles. The summed E-state index contributed by atoms with van der Waals surface area (Å²) in [5.74, 6) is -2.09. The van der Waals surface area contributed by atoms with E-state index >= 15 is 0 Å². The number of nitrogens with one attached hydrogen (secondary N) is 1. The van der Waals surface area contributed by atoms with E-state index in [1.165, 1.54) is 0 Å². The van der Waals surface area contributed by atoms with Crippen molar-refractivity contribution in [1.29, 1.82) is 0 Å². The second-order valence-electron chi connectivity index (χ2n) is 6.84. The number of aliphatic carboxylic acids is 1. The smallest absolute Gasteiger partial charge is 0.319 e. The highest BCUT2D eigenvalue weighted by molar-refractivity contribution is 6.09. The maximum Gasteiger partial charge on any atom is 0.319 e. The fourth-order valence-electron chi connectivity index (χ4n) is 3.53. The molecule has 2 fully saturated rings. The van der Waals surface area contributed by atoms with Crippen molar-refractivity contribution in [2.45, 2.75) is 38.5 Å². The first-order valence-corrected chi connectivity index (χ1v) is 8.68. The number of hydrogen-bond acceptors (Lipinski definition) is 4. The van der Waals surface area contributed by atoms with E-state index in [4.69, 9.17) is 5.73 Å². The van der Waals surface area contributed by atoms with E-state index in [0.29, 0.717) is 29.8 Å². The van der Waals surface area contributed by atoms with Crippen molar-refractivity contribution in [3.05, 3.63) is 23.8 Å². The summed E-state index contributed by atoms with van der Waals surface area (Å²) in [5, 5.41) is 12.1. The Kier molecular flexibility index (Phi) is 4.65. The molecule has 0 radical (unpaired) electrons. The number of anilines is 2. The Morgan fingerprint density at radius 3 is 2.28 bits per heavy atom. The second kappa shape index (κ2) is 6.74. The van der Waals surface area contributed by atoms with E-state index in [1.807, 2.05) is 0 Å². The Morgan fingerprint density at radius 2 is 1.76 bits per heavy atom. The minimum atomic E-state index is -1.33. The molecule has 0 bridgehead atoms. The van der Waals surface area contributed by atoms with E-state index in [-0.39, 0.29) is 0 Å². The fourth-order valence-corrected chi connectivity index (χ4v) is 3.53. The van der Waals surface area contributed by atoms with Gasteiger partial charge >= 0.3 is 5.97 Å². The molecule has 1 aliphatic heterocycles. The molecular weight excluding hydrogens is 322 g/mol. The van der Waals surface area contributed by atoms with Gasteiger partial charge < -0.3 is 21.1 Å². The molecule has 7 heteroatoms. The van der Waals surface area contributed by atoms with Crippen LogP contribution in [0.5, 0.6) is 0 Å². The van der Waals surface area contributed by atoms with E-state index in [2.05, 4.69) is 10.2 Å². The van der Waals surface area contributed by atoms with Crippen LogP contribution in [-0.4, -0.2) is 36.0 Å². The molecule has 0 spiro atoms. The lowest BCUT2D eigenvalue weighted by Crippen LogP contribution is -2.48. The lowest BCUT2D eigenvalue weighted by molar-refractivity contribution is -0.159. The van der Waals surface area contributed by atoms with Crippen molar-refractivity contribution in [3.63, 3.8) is 0 Å². The average Bonchev–Trinajstić information content (AvgIpc) is 2.54. The molecule has 2 amide bonds. The first-order valence-electron chi connectivity index (χ1n) is 8.68. The molecule has 134 valence electrons. The summed E-state index contributed by atoms with van der Waals surface area (Å²) in [7, 11) is 0. The molecule has 1 heterocycles. The van der Waals surface area contributed by atoms with Gasteiger partial charge in [-0.1, -0.05) is 6.42 Å². The highest BCUT2D eigenvalue weighted by atomic mass is 16.4. The number of hydrogen-bond donors (Lipinski definition) is 3. The van der Waals surface area contributed by atoms with Gasteiger partial charge in [0.15, 0.2) is 0 Å². The van der Waals surface area contributed by atoms with Crippen LogP contribution in [0.1, 0.15) is 48.9 Å². The largest absolute Gasteiger partial charge is 0.480 e. The van der Waals surface area contributed by atoms with Gasteiger partial charge in [-0.2, -0.15) is 0 Å². The SMILES string of the molecule is NC(=O)c1ccc(NC(=O)C2(C(=O)O)CCC2)cc1N1CCCCC1. The lowest BCUT2D eigenvalue weighted by Gasteiger charge is -2.36. The number of carboxylic acids is 1. The van der Waals surface area contributed by atoms with Crippen molar-refractivity contribution in [2.75, 3.05) is 23.3 Å². The van der Waals surface area contributed by atoms with Crippen LogP contribution >= 0.6 is 0 Å². The van der Waals surface area contributed by atoms with Gasteiger partial charge in [0.2, 0.25) is 5.91 Å². The molecule has 0 atom stereocenters. The quantitative estimate of drug-likeness (QED) is 0.706. The summed E-state index contributed by atoms with van der Waals surface area (Å²) in [6.45, 7) is 1.66. The zero-order valence-electron chi connectivity index (χ0n) is 14.1. The number of nitrogens with two attached hydrogens (primary N) is 1. The maximum atomic E-state index is 12.5. The Hall–Kier alpha value is -2.57. The number of carboxylic acid groups (broad SMARTS) is 1. The van der Waals surface area contributed by atoms with Crippen molar-refractivity contribution in [3.8, 4) is 0 Å². The Bertz CT molecular complexity index is 706.